The van der Waals surface area contributed by atoms with Crippen molar-refractivity contribution in [2.45, 2.75) is 20.3 Å². The Morgan fingerprint density at radius 2 is 2.21 bits per heavy atom. The Labute approximate surface area is 109 Å². The van der Waals surface area contributed by atoms with Crippen molar-refractivity contribution in [3.8, 4) is 0 Å². The van der Waals surface area contributed by atoms with E-state index in [-0.39, 0.29) is 5.92 Å². The lowest BCUT2D eigenvalue weighted by Gasteiger charge is -2.12. The van der Waals surface area contributed by atoms with Gasteiger partial charge in [0, 0.05) is 12.6 Å². The van der Waals surface area contributed by atoms with E-state index in [9.17, 15) is 19.3 Å². The highest BCUT2D eigenvalue weighted by Gasteiger charge is 2.23. The topological polar surface area (TPSA) is 98.3 Å². The average Bonchev–Trinajstić information content (AvgIpc) is 2.35. The van der Waals surface area contributed by atoms with E-state index in [0.717, 1.165) is 18.6 Å². The molecule has 1 aromatic rings. The summed E-state index contributed by atoms with van der Waals surface area (Å²) in [6.45, 7) is 4.24. The zero-order chi connectivity index (χ0) is 14.6. The Hall–Kier alpha value is -2.18. The molecule has 1 unspecified atom stereocenters. The first-order valence-electron chi connectivity index (χ1n) is 5.89. The summed E-state index contributed by atoms with van der Waals surface area (Å²) in [5.41, 5.74) is 4.08. The first kappa shape index (κ1) is 14.9. The maximum Gasteiger partial charge on any atom is 0.293 e. The van der Waals surface area contributed by atoms with E-state index in [1.165, 1.54) is 0 Å². The number of rotatable bonds is 5. The minimum absolute atomic E-state index is 0.229. The molecule has 1 amide bonds. The monoisotopic (exact) mass is 269 g/mol. The van der Waals surface area contributed by atoms with Gasteiger partial charge in [-0.3, -0.25) is 14.9 Å². The number of hydrogen-bond donors (Lipinski definition) is 2. The molecular weight excluding hydrogens is 253 g/mol. The first-order chi connectivity index (χ1) is 8.88. The molecule has 6 nitrogen and oxygen atoms in total. The second-order valence-corrected chi connectivity index (χ2v) is 4.34. The first-order valence-corrected chi connectivity index (χ1v) is 5.89. The fourth-order valence-electron chi connectivity index (χ4n) is 1.47. The van der Waals surface area contributed by atoms with Gasteiger partial charge in [0.15, 0.2) is 0 Å². The standard InChI is InChI=1S/C12H16FN3O3/c1-3-7(2)6-15-12(17)10-8(13)4-5-9(11(10)14)16(18)19/h4-5,7H,3,6,14H2,1-2H3,(H,15,17). The number of carbonyl (C=O) groups is 1. The van der Waals surface area contributed by atoms with Gasteiger partial charge in [-0.1, -0.05) is 20.3 Å². The molecule has 19 heavy (non-hydrogen) atoms. The summed E-state index contributed by atoms with van der Waals surface area (Å²) in [7, 11) is 0. The van der Waals surface area contributed by atoms with Crippen LogP contribution >= 0.6 is 0 Å². The molecule has 0 saturated carbocycles. The molecule has 0 radical (unpaired) electrons. The van der Waals surface area contributed by atoms with Gasteiger partial charge in [-0.15, -0.1) is 0 Å². The summed E-state index contributed by atoms with van der Waals surface area (Å²) in [5.74, 6) is -1.38. The molecule has 0 bridgehead atoms. The van der Waals surface area contributed by atoms with Crippen LogP contribution in [-0.2, 0) is 0 Å². The molecule has 0 spiro atoms. The number of anilines is 1. The van der Waals surface area contributed by atoms with Crippen LogP contribution in [0, 0.1) is 21.8 Å². The van der Waals surface area contributed by atoms with Crippen molar-refractivity contribution in [2.75, 3.05) is 12.3 Å². The van der Waals surface area contributed by atoms with Crippen LogP contribution in [0.3, 0.4) is 0 Å². The van der Waals surface area contributed by atoms with Crippen LogP contribution < -0.4 is 11.1 Å². The molecule has 0 aromatic heterocycles. The fraction of sp³-hybridized carbons (Fsp3) is 0.417. The largest absolute Gasteiger partial charge is 0.392 e. The lowest BCUT2D eigenvalue weighted by molar-refractivity contribution is -0.384. The van der Waals surface area contributed by atoms with Crippen LogP contribution in [0.15, 0.2) is 12.1 Å². The van der Waals surface area contributed by atoms with Crippen molar-refractivity contribution in [3.05, 3.63) is 33.6 Å². The third-order valence-electron chi connectivity index (χ3n) is 2.90. The quantitative estimate of drug-likeness (QED) is 0.485. The minimum Gasteiger partial charge on any atom is -0.392 e. The van der Waals surface area contributed by atoms with Crippen LogP contribution in [-0.4, -0.2) is 17.4 Å². The van der Waals surface area contributed by atoms with Crippen molar-refractivity contribution in [1.82, 2.24) is 5.32 Å². The molecule has 0 aliphatic carbocycles. The van der Waals surface area contributed by atoms with Crippen molar-refractivity contribution in [2.24, 2.45) is 5.92 Å². The summed E-state index contributed by atoms with van der Waals surface area (Å²) >= 11 is 0. The summed E-state index contributed by atoms with van der Waals surface area (Å²) in [6, 6.07) is 1.81. The number of carbonyl (C=O) groups excluding carboxylic acids is 1. The summed E-state index contributed by atoms with van der Waals surface area (Å²) in [5, 5.41) is 13.2. The Morgan fingerprint density at radius 1 is 1.58 bits per heavy atom. The van der Waals surface area contributed by atoms with Crippen molar-refractivity contribution >= 4 is 17.3 Å². The van der Waals surface area contributed by atoms with E-state index in [2.05, 4.69) is 5.32 Å². The molecule has 7 heteroatoms. The van der Waals surface area contributed by atoms with E-state index >= 15 is 0 Å². The third kappa shape index (κ3) is 3.40. The highest BCUT2D eigenvalue weighted by molar-refractivity contribution is 6.01. The molecule has 1 rings (SSSR count). The Balaban J connectivity index is 3.02. The van der Waals surface area contributed by atoms with Gasteiger partial charge in [0.25, 0.3) is 11.6 Å². The number of nitrogen functional groups attached to an aromatic ring is 1. The summed E-state index contributed by atoms with van der Waals surface area (Å²) in [4.78, 5) is 21.8. The molecule has 0 aliphatic heterocycles. The van der Waals surface area contributed by atoms with E-state index < -0.39 is 33.6 Å². The smallest absolute Gasteiger partial charge is 0.293 e. The minimum atomic E-state index is -0.871. The van der Waals surface area contributed by atoms with Crippen molar-refractivity contribution in [3.63, 3.8) is 0 Å². The highest BCUT2D eigenvalue weighted by atomic mass is 19.1. The Bertz CT molecular complexity index is 505. The van der Waals surface area contributed by atoms with Gasteiger partial charge < -0.3 is 11.1 Å². The molecule has 1 atom stereocenters. The number of nitrogens with one attached hydrogen (secondary N) is 1. The number of nitrogens with two attached hydrogens (primary N) is 1. The zero-order valence-corrected chi connectivity index (χ0v) is 10.8. The number of nitro benzene ring substituents is 1. The van der Waals surface area contributed by atoms with Gasteiger partial charge in [-0.2, -0.15) is 0 Å². The number of nitrogens with zero attached hydrogens (tertiary/aromatic N) is 1. The number of benzene rings is 1. The average molecular weight is 269 g/mol. The van der Waals surface area contributed by atoms with Crippen LogP contribution in [0.1, 0.15) is 30.6 Å². The maximum absolute atomic E-state index is 13.6. The number of amides is 1. The van der Waals surface area contributed by atoms with Crippen LogP contribution in [0.4, 0.5) is 15.8 Å². The molecule has 0 aliphatic rings. The number of hydrogen-bond acceptors (Lipinski definition) is 4. The van der Waals surface area contributed by atoms with E-state index in [1.54, 1.807) is 0 Å². The van der Waals surface area contributed by atoms with Gasteiger partial charge in [-0.05, 0) is 12.0 Å². The van der Waals surface area contributed by atoms with E-state index in [1.807, 2.05) is 13.8 Å². The van der Waals surface area contributed by atoms with Gasteiger partial charge in [0.2, 0.25) is 0 Å². The molecule has 0 fully saturated rings. The van der Waals surface area contributed by atoms with Crippen LogP contribution in [0.2, 0.25) is 0 Å². The molecule has 0 saturated heterocycles. The SMILES string of the molecule is CCC(C)CNC(=O)c1c(F)ccc([N+](=O)[O-])c1N. The van der Waals surface area contributed by atoms with E-state index in [0.29, 0.717) is 6.54 Å². The number of halogens is 1. The van der Waals surface area contributed by atoms with Gasteiger partial charge in [0.1, 0.15) is 17.1 Å². The highest BCUT2D eigenvalue weighted by Crippen LogP contribution is 2.27. The van der Waals surface area contributed by atoms with Crippen LogP contribution in [0.25, 0.3) is 0 Å². The van der Waals surface area contributed by atoms with Gasteiger partial charge >= 0.3 is 0 Å². The summed E-state index contributed by atoms with van der Waals surface area (Å²) in [6.07, 6.45) is 0.854. The molecule has 1 aromatic carbocycles. The molecule has 3 N–H and O–H groups in total. The zero-order valence-electron chi connectivity index (χ0n) is 10.8. The summed E-state index contributed by atoms with van der Waals surface area (Å²) < 4.78 is 13.6. The lowest BCUT2D eigenvalue weighted by atomic mass is 10.1. The third-order valence-corrected chi connectivity index (χ3v) is 2.90. The second-order valence-electron chi connectivity index (χ2n) is 4.34. The van der Waals surface area contributed by atoms with Gasteiger partial charge in [-0.25, -0.2) is 4.39 Å². The lowest BCUT2D eigenvalue weighted by Crippen LogP contribution is -2.29. The predicted molar refractivity (Wildman–Crippen MR) is 69.3 cm³/mol. The predicted octanol–water partition coefficient (Wildman–Crippen LogP) is 2.09. The molecule has 104 valence electrons. The molecular formula is C12H16FN3O3. The normalized spacial score (nSPS) is 11.9. The Morgan fingerprint density at radius 3 is 2.74 bits per heavy atom. The fourth-order valence-corrected chi connectivity index (χ4v) is 1.47. The maximum atomic E-state index is 13.6. The molecule has 0 heterocycles. The Kier molecular flexibility index (Phi) is 4.80. The van der Waals surface area contributed by atoms with Crippen molar-refractivity contribution in [1.29, 1.82) is 0 Å². The number of nitro groups is 1. The van der Waals surface area contributed by atoms with Crippen molar-refractivity contribution < 1.29 is 14.1 Å². The van der Waals surface area contributed by atoms with Gasteiger partial charge in [0.05, 0.1) is 4.92 Å². The second kappa shape index (κ2) is 6.12. The van der Waals surface area contributed by atoms with Crippen LogP contribution in [0.5, 0.6) is 0 Å². The van der Waals surface area contributed by atoms with E-state index in [4.69, 9.17) is 5.73 Å².